The van der Waals surface area contributed by atoms with Gasteiger partial charge in [-0.1, -0.05) is 30.3 Å². The molecule has 0 bridgehead atoms. The predicted molar refractivity (Wildman–Crippen MR) is 117 cm³/mol. The van der Waals surface area contributed by atoms with Crippen LogP contribution in [0.4, 0.5) is 0 Å². The summed E-state index contributed by atoms with van der Waals surface area (Å²) >= 11 is 0. The van der Waals surface area contributed by atoms with Crippen LogP contribution in [-0.2, 0) is 17.8 Å². The van der Waals surface area contributed by atoms with Gasteiger partial charge >= 0.3 is 0 Å². The number of aliphatic hydroxyl groups excluding tert-OH is 1. The third kappa shape index (κ3) is 4.90. The van der Waals surface area contributed by atoms with E-state index < -0.39 is 0 Å². The molecule has 1 N–H and O–H groups in total. The summed E-state index contributed by atoms with van der Waals surface area (Å²) in [6.07, 6.45) is 3.45. The first-order valence-electron chi connectivity index (χ1n) is 10.5. The molecule has 2 aromatic carbocycles. The van der Waals surface area contributed by atoms with Crippen LogP contribution in [0.2, 0.25) is 0 Å². The smallest absolute Gasteiger partial charge is 0.161 e. The zero-order valence-electron chi connectivity index (χ0n) is 18.0. The SMILES string of the molecule is COc1ccc([C@@H]2[C@@H](CO)OCCN2Cc2cccc(Cn3cccn3)c2)cc1OC. The van der Waals surface area contributed by atoms with Gasteiger partial charge in [0.15, 0.2) is 11.5 Å². The van der Waals surface area contributed by atoms with Crippen LogP contribution in [0.15, 0.2) is 60.9 Å². The number of nitrogens with zero attached hydrogens (tertiary/aromatic N) is 3. The molecule has 2 heterocycles. The Balaban J connectivity index is 1.59. The second kappa shape index (κ2) is 9.96. The molecule has 0 spiro atoms. The molecule has 164 valence electrons. The molecule has 4 rings (SSSR count). The molecule has 3 aromatic rings. The van der Waals surface area contributed by atoms with Crippen LogP contribution in [0.25, 0.3) is 0 Å². The maximum absolute atomic E-state index is 10.0. The Labute approximate surface area is 182 Å². The van der Waals surface area contributed by atoms with Gasteiger partial charge in [0.1, 0.15) is 6.10 Å². The summed E-state index contributed by atoms with van der Waals surface area (Å²) in [5, 5.41) is 14.3. The van der Waals surface area contributed by atoms with Gasteiger partial charge in [-0.3, -0.25) is 9.58 Å². The second-order valence-corrected chi connectivity index (χ2v) is 7.65. The molecule has 7 nitrogen and oxygen atoms in total. The molecule has 0 amide bonds. The van der Waals surface area contributed by atoms with Crippen molar-refractivity contribution in [1.29, 1.82) is 0 Å². The van der Waals surface area contributed by atoms with Crippen molar-refractivity contribution in [2.75, 3.05) is 34.0 Å². The Hall–Kier alpha value is -2.87. The number of hydrogen-bond acceptors (Lipinski definition) is 6. The fourth-order valence-electron chi connectivity index (χ4n) is 4.22. The Morgan fingerprint density at radius 1 is 1.03 bits per heavy atom. The van der Waals surface area contributed by atoms with Crippen LogP contribution >= 0.6 is 0 Å². The monoisotopic (exact) mass is 423 g/mol. The van der Waals surface area contributed by atoms with Gasteiger partial charge in [0.25, 0.3) is 0 Å². The lowest BCUT2D eigenvalue weighted by molar-refractivity contribution is -0.0961. The highest BCUT2D eigenvalue weighted by atomic mass is 16.5. The summed E-state index contributed by atoms with van der Waals surface area (Å²) in [7, 11) is 3.26. The quantitative estimate of drug-likeness (QED) is 0.601. The Bertz CT molecular complexity index is 977. The Morgan fingerprint density at radius 2 is 1.84 bits per heavy atom. The summed E-state index contributed by atoms with van der Waals surface area (Å²) in [5.41, 5.74) is 3.45. The number of benzene rings is 2. The van der Waals surface area contributed by atoms with Crippen molar-refractivity contribution < 1.29 is 19.3 Å². The van der Waals surface area contributed by atoms with Crippen LogP contribution in [0, 0.1) is 0 Å². The molecular formula is C24H29N3O4. The van der Waals surface area contributed by atoms with Gasteiger partial charge in [0, 0.05) is 25.5 Å². The van der Waals surface area contributed by atoms with Gasteiger partial charge in [-0.2, -0.15) is 5.10 Å². The minimum atomic E-state index is -0.306. The lowest BCUT2D eigenvalue weighted by Gasteiger charge is -2.41. The maximum atomic E-state index is 10.0. The van der Waals surface area contributed by atoms with Crippen molar-refractivity contribution in [3.63, 3.8) is 0 Å². The first-order chi connectivity index (χ1) is 15.2. The normalized spacial score (nSPS) is 19.3. The van der Waals surface area contributed by atoms with Crippen molar-refractivity contribution in [3.8, 4) is 11.5 Å². The number of methoxy groups -OCH3 is 2. The first kappa shape index (κ1) is 21.4. The molecular weight excluding hydrogens is 394 g/mol. The minimum Gasteiger partial charge on any atom is -0.493 e. The van der Waals surface area contributed by atoms with Gasteiger partial charge in [-0.15, -0.1) is 0 Å². The average molecular weight is 424 g/mol. The first-order valence-corrected chi connectivity index (χ1v) is 10.5. The lowest BCUT2D eigenvalue weighted by Crippen LogP contribution is -2.46. The second-order valence-electron chi connectivity index (χ2n) is 7.65. The largest absolute Gasteiger partial charge is 0.493 e. The zero-order chi connectivity index (χ0) is 21.6. The molecule has 1 saturated heterocycles. The van der Waals surface area contributed by atoms with Crippen molar-refractivity contribution >= 4 is 0 Å². The third-order valence-electron chi connectivity index (χ3n) is 5.67. The van der Waals surface area contributed by atoms with E-state index in [2.05, 4.69) is 34.3 Å². The Kier molecular flexibility index (Phi) is 6.86. The van der Waals surface area contributed by atoms with Gasteiger partial charge in [0.2, 0.25) is 0 Å². The summed E-state index contributed by atoms with van der Waals surface area (Å²) in [5.74, 6) is 1.35. The fraction of sp³-hybridized carbons (Fsp3) is 0.375. The highest BCUT2D eigenvalue weighted by molar-refractivity contribution is 5.44. The topological polar surface area (TPSA) is 69.0 Å². The van der Waals surface area contributed by atoms with Gasteiger partial charge in [-0.05, 0) is 34.9 Å². The number of aromatic nitrogens is 2. The maximum Gasteiger partial charge on any atom is 0.161 e. The lowest BCUT2D eigenvalue weighted by atomic mass is 9.97. The molecule has 0 aliphatic carbocycles. The molecule has 1 aliphatic heterocycles. The molecule has 31 heavy (non-hydrogen) atoms. The molecule has 1 aromatic heterocycles. The van der Waals surface area contributed by atoms with Crippen molar-refractivity contribution in [1.82, 2.24) is 14.7 Å². The van der Waals surface area contributed by atoms with Crippen molar-refractivity contribution in [3.05, 3.63) is 77.6 Å². The number of rotatable bonds is 8. The van der Waals surface area contributed by atoms with Crippen molar-refractivity contribution in [2.24, 2.45) is 0 Å². The highest BCUT2D eigenvalue weighted by Gasteiger charge is 2.33. The third-order valence-corrected chi connectivity index (χ3v) is 5.67. The van der Waals surface area contributed by atoms with Gasteiger partial charge < -0.3 is 19.3 Å². The van der Waals surface area contributed by atoms with E-state index in [1.807, 2.05) is 35.1 Å². The van der Waals surface area contributed by atoms with E-state index in [1.54, 1.807) is 20.4 Å². The van der Waals surface area contributed by atoms with Crippen LogP contribution in [0.1, 0.15) is 22.7 Å². The van der Waals surface area contributed by atoms with E-state index in [9.17, 15) is 5.11 Å². The van der Waals surface area contributed by atoms with E-state index in [0.717, 1.165) is 25.2 Å². The molecule has 1 aliphatic rings. The molecule has 0 radical (unpaired) electrons. The molecule has 1 fully saturated rings. The van der Waals surface area contributed by atoms with Crippen LogP contribution in [0.3, 0.4) is 0 Å². The van der Waals surface area contributed by atoms with E-state index in [0.29, 0.717) is 18.1 Å². The number of morpholine rings is 1. The van der Waals surface area contributed by atoms with Crippen LogP contribution < -0.4 is 9.47 Å². The molecule has 2 atom stereocenters. The summed E-state index contributed by atoms with van der Waals surface area (Å²) in [6, 6.07) is 16.3. The molecule has 0 saturated carbocycles. The number of aliphatic hydroxyl groups is 1. The van der Waals surface area contributed by atoms with Gasteiger partial charge in [-0.25, -0.2) is 0 Å². The summed E-state index contributed by atoms with van der Waals surface area (Å²) in [6.45, 7) is 2.81. The van der Waals surface area contributed by atoms with E-state index >= 15 is 0 Å². The minimum absolute atomic E-state index is 0.0468. The predicted octanol–water partition coefficient (Wildman–Crippen LogP) is 2.88. The van der Waals surface area contributed by atoms with E-state index in [-0.39, 0.29) is 18.8 Å². The van der Waals surface area contributed by atoms with Crippen LogP contribution in [0.5, 0.6) is 11.5 Å². The number of ether oxygens (including phenoxy) is 3. The standard InChI is InChI=1S/C24H29N3O4/c1-29-21-8-7-20(14-22(21)30-2)24-23(17-28)31-12-11-26(24)15-18-5-3-6-19(13-18)16-27-10-4-9-25-27/h3-10,13-14,23-24,28H,11-12,15-17H2,1-2H3/t23-,24-/m1/s1. The Morgan fingerprint density at radius 3 is 2.55 bits per heavy atom. The summed E-state index contributed by atoms with van der Waals surface area (Å²) < 4.78 is 18.7. The van der Waals surface area contributed by atoms with E-state index in [1.165, 1.54) is 11.1 Å². The zero-order valence-corrected chi connectivity index (χ0v) is 18.0. The number of hydrogen-bond donors (Lipinski definition) is 1. The van der Waals surface area contributed by atoms with E-state index in [4.69, 9.17) is 14.2 Å². The molecule has 0 unspecified atom stereocenters. The fourth-order valence-corrected chi connectivity index (χ4v) is 4.22. The van der Waals surface area contributed by atoms with Gasteiger partial charge in [0.05, 0.1) is 40.0 Å². The van der Waals surface area contributed by atoms with Crippen molar-refractivity contribution in [2.45, 2.75) is 25.2 Å². The highest BCUT2D eigenvalue weighted by Crippen LogP contribution is 2.36. The molecule has 7 heteroatoms. The summed E-state index contributed by atoms with van der Waals surface area (Å²) in [4.78, 5) is 2.36. The average Bonchev–Trinajstić information content (AvgIpc) is 3.31. The van der Waals surface area contributed by atoms with Crippen LogP contribution in [-0.4, -0.2) is 59.9 Å².